The zero-order valence-electron chi connectivity index (χ0n) is 18.8. The minimum absolute atomic E-state index is 0.117. The quantitative estimate of drug-likeness (QED) is 0.583. The van der Waals surface area contributed by atoms with E-state index in [0.29, 0.717) is 18.0 Å². The van der Waals surface area contributed by atoms with Crippen molar-refractivity contribution in [2.45, 2.75) is 43.9 Å². The number of likely N-dealkylation sites (tertiary alicyclic amines) is 1. The van der Waals surface area contributed by atoms with Gasteiger partial charge in [-0.1, -0.05) is 36.4 Å². The molecule has 0 spiro atoms. The average molecular weight is 467 g/mol. The molecule has 2 heterocycles. The first-order valence-corrected chi connectivity index (χ1v) is 13.3. The number of aromatic nitrogens is 2. The third kappa shape index (κ3) is 4.98. The zero-order valence-corrected chi connectivity index (χ0v) is 19.6. The average Bonchev–Trinajstić information content (AvgIpc) is 3.36. The van der Waals surface area contributed by atoms with E-state index in [-0.39, 0.29) is 6.04 Å². The first-order valence-electron chi connectivity index (χ1n) is 11.4. The Morgan fingerprint density at radius 2 is 1.91 bits per heavy atom. The largest absolute Gasteiger partial charge is 0.390 e. The molecule has 1 saturated heterocycles. The Bertz CT molecular complexity index is 1230. The van der Waals surface area contributed by atoms with Crippen LogP contribution in [0, 0.1) is 0 Å². The first-order chi connectivity index (χ1) is 15.9. The van der Waals surface area contributed by atoms with Gasteiger partial charge in [-0.05, 0) is 60.7 Å². The van der Waals surface area contributed by atoms with Gasteiger partial charge in [-0.2, -0.15) is 5.10 Å². The molecule has 2 aromatic carbocycles. The molecule has 0 unspecified atom stereocenters. The van der Waals surface area contributed by atoms with E-state index in [1.165, 1.54) is 17.4 Å². The zero-order chi connectivity index (χ0) is 23.0. The van der Waals surface area contributed by atoms with Gasteiger partial charge in [0.05, 0.1) is 18.6 Å². The van der Waals surface area contributed by atoms with Gasteiger partial charge in [-0.25, -0.2) is 8.42 Å². The van der Waals surface area contributed by atoms with Gasteiger partial charge in [0.25, 0.3) is 0 Å². The molecule has 33 heavy (non-hydrogen) atoms. The van der Waals surface area contributed by atoms with Crippen molar-refractivity contribution < 1.29 is 13.5 Å². The van der Waals surface area contributed by atoms with Crippen LogP contribution in [-0.2, 0) is 23.0 Å². The van der Waals surface area contributed by atoms with Crippen LogP contribution in [0.2, 0.25) is 0 Å². The molecular formula is C25H30N4O3S. The molecule has 174 valence electrons. The van der Waals surface area contributed by atoms with Crippen LogP contribution in [0.15, 0.2) is 60.9 Å². The van der Waals surface area contributed by atoms with E-state index in [9.17, 15) is 13.5 Å². The monoisotopic (exact) mass is 466 g/mol. The maximum atomic E-state index is 11.5. The second kappa shape index (κ2) is 8.93. The first kappa shape index (κ1) is 22.1. The normalized spacial score (nSPS) is 21.8. The summed E-state index contributed by atoms with van der Waals surface area (Å²) in [4.78, 5) is 2.44. The molecule has 2 N–H and O–H groups in total. The van der Waals surface area contributed by atoms with Crippen LogP contribution in [0.4, 0.5) is 5.69 Å². The Hall–Kier alpha value is -2.68. The van der Waals surface area contributed by atoms with E-state index in [1.54, 1.807) is 6.07 Å². The summed E-state index contributed by atoms with van der Waals surface area (Å²) in [5, 5.41) is 15.2. The molecule has 1 aliphatic carbocycles. The van der Waals surface area contributed by atoms with Gasteiger partial charge >= 0.3 is 0 Å². The number of hydrogen-bond donors (Lipinski definition) is 2. The summed E-state index contributed by atoms with van der Waals surface area (Å²) in [6.45, 7) is 2.80. The number of nitrogens with zero attached hydrogens (tertiary/aromatic N) is 3. The minimum atomic E-state index is -3.27. The SMILES string of the molecule is CS(=O)(=O)Nc1cccc(C2CCN(Cc3cnn([C@@H]4c5ccccc5C[C@H]4O)c3)CC2)c1. The third-order valence-electron chi connectivity index (χ3n) is 6.76. The smallest absolute Gasteiger partial charge is 0.229 e. The molecule has 8 heteroatoms. The number of anilines is 1. The second-order valence-corrected chi connectivity index (χ2v) is 11.0. The van der Waals surface area contributed by atoms with E-state index in [4.69, 9.17) is 0 Å². The molecule has 1 aromatic heterocycles. The summed E-state index contributed by atoms with van der Waals surface area (Å²) < 4.78 is 27.5. The lowest BCUT2D eigenvalue weighted by atomic mass is 9.89. The molecule has 2 atom stereocenters. The molecule has 1 fully saturated rings. The number of aliphatic hydroxyl groups excluding tert-OH is 1. The van der Waals surface area contributed by atoms with Crippen molar-refractivity contribution in [3.8, 4) is 0 Å². The van der Waals surface area contributed by atoms with Gasteiger partial charge in [-0.3, -0.25) is 14.3 Å². The van der Waals surface area contributed by atoms with Crippen molar-refractivity contribution in [3.05, 3.63) is 83.2 Å². The van der Waals surface area contributed by atoms with Crippen molar-refractivity contribution in [1.82, 2.24) is 14.7 Å². The van der Waals surface area contributed by atoms with E-state index >= 15 is 0 Å². The Kier molecular flexibility index (Phi) is 5.99. The molecule has 7 nitrogen and oxygen atoms in total. The number of piperidine rings is 1. The third-order valence-corrected chi connectivity index (χ3v) is 7.37. The van der Waals surface area contributed by atoms with Crippen molar-refractivity contribution in [2.75, 3.05) is 24.1 Å². The van der Waals surface area contributed by atoms with Crippen molar-refractivity contribution in [3.63, 3.8) is 0 Å². The summed E-state index contributed by atoms with van der Waals surface area (Å²) >= 11 is 0. The summed E-state index contributed by atoms with van der Waals surface area (Å²) in [7, 11) is -3.27. The molecule has 3 aromatic rings. The summed E-state index contributed by atoms with van der Waals surface area (Å²) in [6.07, 6.45) is 7.45. The van der Waals surface area contributed by atoms with E-state index in [2.05, 4.69) is 39.1 Å². The molecule has 0 radical (unpaired) electrons. The fraction of sp³-hybridized carbons (Fsp3) is 0.400. The molecule has 0 bridgehead atoms. The lowest BCUT2D eigenvalue weighted by Crippen LogP contribution is -2.32. The van der Waals surface area contributed by atoms with Crippen molar-refractivity contribution in [2.24, 2.45) is 0 Å². The summed E-state index contributed by atoms with van der Waals surface area (Å²) in [5.41, 5.74) is 5.33. The number of nitrogens with one attached hydrogen (secondary N) is 1. The maximum Gasteiger partial charge on any atom is 0.229 e. The molecule has 0 amide bonds. The molecule has 1 aliphatic heterocycles. The number of fused-ring (bicyclic) bond motifs is 1. The van der Waals surface area contributed by atoms with Gasteiger partial charge in [0.2, 0.25) is 10.0 Å². The number of aliphatic hydroxyl groups is 1. The van der Waals surface area contributed by atoms with Gasteiger partial charge in [0, 0.05) is 30.4 Å². The Morgan fingerprint density at radius 3 is 2.70 bits per heavy atom. The van der Waals surface area contributed by atoms with E-state index in [0.717, 1.165) is 43.6 Å². The Balaban J connectivity index is 1.20. The number of sulfonamides is 1. The lowest BCUT2D eigenvalue weighted by molar-refractivity contribution is 0.138. The molecule has 2 aliphatic rings. The number of rotatable bonds is 6. The van der Waals surface area contributed by atoms with Crippen LogP contribution in [0.25, 0.3) is 0 Å². The maximum absolute atomic E-state index is 11.5. The van der Waals surface area contributed by atoms with Crippen molar-refractivity contribution in [1.29, 1.82) is 0 Å². The predicted molar refractivity (Wildman–Crippen MR) is 129 cm³/mol. The standard InChI is InChI=1S/C25H30N4O3S/c1-33(31,32)27-22-7-4-6-20(13-22)19-9-11-28(12-10-19)16-18-15-26-29(17-18)25-23-8-3-2-5-21(23)14-24(25)30/h2-8,13,15,17,19,24-25,27,30H,9-12,14,16H2,1H3/t24-,25-/m1/s1. The van der Waals surface area contributed by atoms with Crippen LogP contribution in [0.5, 0.6) is 0 Å². The van der Waals surface area contributed by atoms with E-state index < -0.39 is 16.1 Å². The van der Waals surface area contributed by atoms with Gasteiger partial charge in [0.1, 0.15) is 6.04 Å². The fourth-order valence-corrected chi connectivity index (χ4v) is 5.79. The fourth-order valence-electron chi connectivity index (χ4n) is 5.24. The molecule has 5 rings (SSSR count). The van der Waals surface area contributed by atoms with Crippen LogP contribution in [0.1, 0.15) is 47.1 Å². The highest BCUT2D eigenvalue weighted by atomic mass is 32.2. The predicted octanol–water partition coefficient (Wildman–Crippen LogP) is 3.14. The van der Waals surface area contributed by atoms with Gasteiger partial charge < -0.3 is 5.11 Å². The van der Waals surface area contributed by atoms with Gasteiger partial charge in [0.15, 0.2) is 0 Å². The highest BCUT2D eigenvalue weighted by Crippen LogP contribution is 2.34. The minimum Gasteiger partial charge on any atom is -0.390 e. The van der Waals surface area contributed by atoms with Crippen LogP contribution >= 0.6 is 0 Å². The number of benzene rings is 2. The molecule has 0 saturated carbocycles. The highest BCUT2D eigenvalue weighted by Gasteiger charge is 2.32. The van der Waals surface area contributed by atoms with Crippen LogP contribution in [-0.4, -0.2) is 53.7 Å². The second-order valence-electron chi connectivity index (χ2n) is 9.29. The van der Waals surface area contributed by atoms with Crippen LogP contribution < -0.4 is 4.72 Å². The topological polar surface area (TPSA) is 87.5 Å². The molecular weight excluding hydrogens is 436 g/mol. The van der Waals surface area contributed by atoms with Gasteiger partial charge in [-0.15, -0.1) is 0 Å². The van der Waals surface area contributed by atoms with Crippen LogP contribution in [0.3, 0.4) is 0 Å². The number of hydrogen-bond acceptors (Lipinski definition) is 5. The van der Waals surface area contributed by atoms with Crippen molar-refractivity contribution >= 4 is 15.7 Å². The Morgan fingerprint density at radius 1 is 1.12 bits per heavy atom. The van der Waals surface area contributed by atoms with E-state index in [1.807, 2.05) is 35.1 Å². The Labute approximate surface area is 195 Å². The summed E-state index contributed by atoms with van der Waals surface area (Å²) in [5.74, 6) is 0.426. The lowest BCUT2D eigenvalue weighted by Gasteiger charge is -2.32. The highest BCUT2D eigenvalue weighted by molar-refractivity contribution is 7.92. The summed E-state index contributed by atoms with van der Waals surface area (Å²) in [6, 6.07) is 15.8.